The minimum absolute atomic E-state index is 0.00629. The van der Waals surface area contributed by atoms with Gasteiger partial charge < -0.3 is 24.0 Å². The first-order valence-electron chi connectivity index (χ1n) is 11.9. The number of methoxy groups -OCH3 is 1. The molecular weight excluding hydrogens is 474 g/mol. The van der Waals surface area contributed by atoms with Crippen LogP contribution in [0.15, 0.2) is 30.3 Å². The third-order valence-corrected chi connectivity index (χ3v) is 6.29. The number of hydrogen-bond acceptors (Lipinski definition) is 8. The molecule has 0 bridgehead atoms. The van der Waals surface area contributed by atoms with E-state index in [2.05, 4.69) is 15.0 Å². The summed E-state index contributed by atoms with van der Waals surface area (Å²) >= 11 is 0. The molecule has 3 aromatic rings. The van der Waals surface area contributed by atoms with Gasteiger partial charge in [0.1, 0.15) is 11.9 Å². The van der Waals surface area contributed by atoms with E-state index >= 15 is 0 Å². The fourth-order valence-corrected chi connectivity index (χ4v) is 4.48. The summed E-state index contributed by atoms with van der Waals surface area (Å²) in [5.74, 6) is 0.485. The number of para-hydroxylation sites is 2. The second kappa shape index (κ2) is 10.7. The van der Waals surface area contributed by atoms with Crippen LogP contribution < -0.4 is 9.64 Å². The molecule has 0 radical (unpaired) electrons. The zero-order valence-corrected chi connectivity index (χ0v) is 20.0. The summed E-state index contributed by atoms with van der Waals surface area (Å²) in [4.78, 5) is 29.4. The predicted molar refractivity (Wildman–Crippen MR) is 127 cm³/mol. The van der Waals surface area contributed by atoms with Crippen LogP contribution >= 0.6 is 0 Å². The van der Waals surface area contributed by atoms with Crippen LogP contribution in [-0.4, -0.2) is 89.5 Å². The fraction of sp³-hybridized carbons (Fsp3) is 0.500. The van der Waals surface area contributed by atoms with Crippen LogP contribution in [0.5, 0.6) is 5.88 Å². The lowest BCUT2D eigenvalue weighted by molar-refractivity contribution is -0.131. The van der Waals surface area contributed by atoms with Crippen molar-refractivity contribution in [2.75, 3.05) is 58.0 Å². The minimum atomic E-state index is -2.80. The normalized spacial score (nSPS) is 18.4. The van der Waals surface area contributed by atoms with Crippen molar-refractivity contribution < 1.29 is 27.8 Å². The van der Waals surface area contributed by atoms with Crippen LogP contribution in [0.4, 0.5) is 14.7 Å². The lowest BCUT2D eigenvalue weighted by Gasteiger charge is -2.27. The number of carbonyl (C=O) groups excluding carboxylic acids is 1. The van der Waals surface area contributed by atoms with Gasteiger partial charge in [-0.15, -0.1) is 0 Å². The van der Waals surface area contributed by atoms with Crippen molar-refractivity contribution in [3.63, 3.8) is 0 Å². The van der Waals surface area contributed by atoms with Gasteiger partial charge >= 0.3 is 0 Å². The Kier molecular flexibility index (Phi) is 7.23. The molecule has 1 atom stereocenters. The number of halogens is 2. The smallest absolute Gasteiger partial charge is 0.296 e. The van der Waals surface area contributed by atoms with Crippen molar-refractivity contribution in [1.29, 1.82) is 0 Å². The summed E-state index contributed by atoms with van der Waals surface area (Å²) in [5.41, 5.74) is 0.962. The quantitative estimate of drug-likeness (QED) is 0.464. The summed E-state index contributed by atoms with van der Waals surface area (Å²) in [5, 5.41) is 0. The Bertz CT molecular complexity index is 1220. The van der Waals surface area contributed by atoms with Gasteiger partial charge in [-0.2, -0.15) is 9.97 Å². The molecule has 1 amide bonds. The Labute approximate surface area is 206 Å². The Balaban J connectivity index is 1.48. The molecule has 0 aliphatic carbocycles. The van der Waals surface area contributed by atoms with Crippen LogP contribution in [0.3, 0.4) is 0 Å². The van der Waals surface area contributed by atoms with Crippen LogP contribution in [-0.2, 0) is 14.3 Å². The SMILES string of the molecule is COCCC(=O)N1CC[C@H](Oc2cc(-n3c(C(F)F)nc4ccccc43)nc(N3CCOCC3)n2)C1. The summed E-state index contributed by atoms with van der Waals surface area (Å²) < 4.78 is 46.0. The van der Waals surface area contributed by atoms with Crippen LogP contribution in [0, 0.1) is 0 Å². The van der Waals surface area contributed by atoms with Gasteiger partial charge in [0.15, 0.2) is 5.82 Å². The van der Waals surface area contributed by atoms with Crippen LogP contribution in [0.2, 0.25) is 0 Å². The number of aromatic nitrogens is 4. The fourth-order valence-electron chi connectivity index (χ4n) is 4.48. The highest BCUT2D eigenvalue weighted by Crippen LogP contribution is 2.30. The zero-order valence-electron chi connectivity index (χ0n) is 20.0. The van der Waals surface area contributed by atoms with E-state index in [1.807, 2.05) is 4.90 Å². The molecule has 5 rings (SSSR count). The van der Waals surface area contributed by atoms with Crippen molar-refractivity contribution in [1.82, 2.24) is 24.4 Å². The van der Waals surface area contributed by atoms with Gasteiger partial charge in [-0.1, -0.05) is 12.1 Å². The highest BCUT2D eigenvalue weighted by Gasteiger charge is 2.29. The number of fused-ring (bicyclic) bond motifs is 1. The Morgan fingerprint density at radius 2 is 1.97 bits per heavy atom. The molecule has 2 saturated heterocycles. The minimum Gasteiger partial charge on any atom is -0.472 e. The third-order valence-electron chi connectivity index (χ3n) is 6.29. The van der Waals surface area contributed by atoms with E-state index in [-0.39, 0.29) is 23.7 Å². The number of likely N-dealkylation sites (tertiary alicyclic amines) is 1. The second-order valence-electron chi connectivity index (χ2n) is 8.67. The van der Waals surface area contributed by atoms with Crippen molar-refractivity contribution in [2.45, 2.75) is 25.4 Å². The molecule has 2 fully saturated rings. The molecule has 0 unspecified atom stereocenters. The molecular formula is C24H28F2N6O4. The van der Waals surface area contributed by atoms with Crippen molar-refractivity contribution in [3.05, 3.63) is 36.2 Å². The summed E-state index contributed by atoms with van der Waals surface area (Å²) in [6.07, 6.45) is -2.12. The number of ether oxygens (including phenoxy) is 3. The Morgan fingerprint density at radius 1 is 1.17 bits per heavy atom. The highest BCUT2D eigenvalue weighted by molar-refractivity contribution is 5.78. The monoisotopic (exact) mass is 502 g/mol. The molecule has 192 valence electrons. The molecule has 12 heteroatoms. The second-order valence-corrected chi connectivity index (χ2v) is 8.67. The molecule has 2 aliphatic rings. The lowest BCUT2D eigenvalue weighted by Crippen LogP contribution is -2.37. The van der Waals surface area contributed by atoms with Crippen LogP contribution in [0.25, 0.3) is 16.9 Å². The first-order valence-corrected chi connectivity index (χ1v) is 11.9. The Hall–Kier alpha value is -3.38. The first kappa shape index (κ1) is 24.3. The van der Waals surface area contributed by atoms with Crippen molar-refractivity contribution in [3.8, 4) is 11.7 Å². The number of morpholine rings is 1. The van der Waals surface area contributed by atoms with Gasteiger partial charge in [0.2, 0.25) is 17.7 Å². The average Bonchev–Trinajstić information content (AvgIpc) is 3.53. The van der Waals surface area contributed by atoms with Gasteiger partial charge in [-0.05, 0) is 12.1 Å². The number of nitrogens with zero attached hydrogens (tertiary/aromatic N) is 6. The van der Waals surface area contributed by atoms with E-state index in [0.717, 1.165) is 0 Å². The number of imidazole rings is 1. The van der Waals surface area contributed by atoms with Gasteiger partial charge in [0.25, 0.3) is 6.43 Å². The van der Waals surface area contributed by atoms with E-state index < -0.39 is 12.2 Å². The molecule has 10 nitrogen and oxygen atoms in total. The molecule has 1 aromatic carbocycles. The highest BCUT2D eigenvalue weighted by atomic mass is 19.3. The van der Waals surface area contributed by atoms with Gasteiger partial charge in [0.05, 0.1) is 43.8 Å². The van der Waals surface area contributed by atoms with E-state index in [9.17, 15) is 13.6 Å². The number of anilines is 1. The maximum absolute atomic E-state index is 14.0. The first-order chi connectivity index (χ1) is 17.5. The summed E-state index contributed by atoms with van der Waals surface area (Å²) in [6, 6.07) is 8.49. The molecule has 4 heterocycles. The molecule has 36 heavy (non-hydrogen) atoms. The van der Waals surface area contributed by atoms with E-state index in [1.54, 1.807) is 42.3 Å². The number of rotatable bonds is 8. The van der Waals surface area contributed by atoms with Crippen LogP contribution in [0.1, 0.15) is 25.1 Å². The van der Waals surface area contributed by atoms with Crippen molar-refractivity contribution >= 4 is 22.9 Å². The molecule has 2 aromatic heterocycles. The molecule has 0 spiro atoms. The zero-order chi connectivity index (χ0) is 25.1. The van der Waals surface area contributed by atoms with Crippen molar-refractivity contribution in [2.24, 2.45) is 0 Å². The topological polar surface area (TPSA) is 94.8 Å². The molecule has 0 N–H and O–H groups in total. The predicted octanol–water partition coefficient (Wildman–Crippen LogP) is 2.61. The van der Waals surface area contributed by atoms with E-state index in [1.165, 1.54) is 4.57 Å². The van der Waals surface area contributed by atoms with E-state index in [4.69, 9.17) is 14.2 Å². The van der Waals surface area contributed by atoms with Gasteiger partial charge in [-0.25, -0.2) is 13.8 Å². The largest absolute Gasteiger partial charge is 0.472 e. The average molecular weight is 503 g/mol. The maximum Gasteiger partial charge on any atom is 0.296 e. The Morgan fingerprint density at radius 3 is 2.75 bits per heavy atom. The standard InChI is InChI=1S/C24H28F2N6O4/c1-34-11-7-21(33)31-8-6-16(15-31)36-20-14-19(28-24(29-20)30-9-12-35-13-10-30)32-18-5-3-2-4-17(18)27-23(32)22(25)26/h2-5,14,16,22H,6-13,15H2,1H3/t16-/m0/s1. The number of benzene rings is 1. The number of amides is 1. The number of hydrogen-bond donors (Lipinski definition) is 0. The van der Waals surface area contributed by atoms with Gasteiger partial charge in [-0.3, -0.25) is 9.36 Å². The third kappa shape index (κ3) is 5.09. The number of carbonyl (C=O) groups is 1. The summed E-state index contributed by atoms with van der Waals surface area (Å²) in [7, 11) is 1.56. The summed E-state index contributed by atoms with van der Waals surface area (Å²) in [6.45, 7) is 3.53. The van der Waals surface area contributed by atoms with E-state index in [0.29, 0.717) is 75.8 Å². The van der Waals surface area contributed by atoms with Gasteiger partial charge in [0, 0.05) is 39.2 Å². The molecule has 0 saturated carbocycles. The lowest BCUT2D eigenvalue weighted by atomic mass is 10.3. The number of alkyl halides is 2. The maximum atomic E-state index is 14.0. The molecule has 2 aliphatic heterocycles.